The van der Waals surface area contributed by atoms with Gasteiger partial charge in [0.2, 0.25) is 11.7 Å². The standard InChI is InChI=1S/C18H15F5N4O2/c19-12-5-9-1-2-10(11(9)6-13(12)20)14(28)7-16(29)26-3-4-27-15(8-26)24-25-17(27)18(21,22)23/h5-6,10H,1-4,7-8H2. The molecule has 2 heterocycles. The molecule has 29 heavy (non-hydrogen) atoms. The highest BCUT2D eigenvalue weighted by atomic mass is 19.4. The summed E-state index contributed by atoms with van der Waals surface area (Å²) in [5.41, 5.74) is 0.926. The molecule has 1 atom stereocenters. The van der Waals surface area contributed by atoms with Crippen LogP contribution >= 0.6 is 0 Å². The van der Waals surface area contributed by atoms with Crippen LogP contribution < -0.4 is 0 Å². The number of alkyl halides is 3. The summed E-state index contributed by atoms with van der Waals surface area (Å²) in [5.74, 6) is -4.83. The quantitative estimate of drug-likeness (QED) is 0.572. The van der Waals surface area contributed by atoms with Gasteiger partial charge < -0.3 is 9.47 Å². The molecule has 0 radical (unpaired) electrons. The van der Waals surface area contributed by atoms with Gasteiger partial charge in [0.05, 0.1) is 13.0 Å². The molecule has 1 aliphatic heterocycles. The molecule has 2 aromatic rings. The number of aromatic nitrogens is 3. The normalized spacial score (nSPS) is 18.5. The molecule has 2 aliphatic rings. The van der Waals surface area contributed by atoms with Crippen LogP contribution in [-0.4, -0.2) is 37.9 Å². The third-order valence-electron chi connectivity index (χ3n) is 5.33. The third kappa shape index (κ3) is 3.49. The molecule has 0 saturated carbocycles. The van der Waals surface area contributed by atoms with Crippen LogP contribution in [0.1, 0.15) is 41.5 Å². The van der Waals surface area contributed by atoms with Crippen molar-refractivity contribution in [2.45, 2.75) is 44.4 Å². The van der Waals surface area contributed by atoms with Gasteiger partial charge in [0.25, 0.3) is 0 Å². The Balaban J connectivity index is 1.44. The lowest BCUT2D eigenvalue weighted by atomic mass is 9.94. The van der Waals surface area contributed by atoms with E-state index in [1.54, 1.807) is 0 Å². The van der Waals surface area contributed by atoms with Gasteiger partial charge in [-0.25, -0.2) is 8.78 Å². The van der Waals surface area contributed by atoms with E-state index in [1.807, 2.05) is 0 Å². The number of aryl methyl sites for hydroxylation is 1. The molecule has 4 rings (SSSR count). The van der Waals surface area contributed by atoms with Gasteiger partial charge in [-0.05, 0) is 36.1 Å². The first kappa shape index (κ1) is 19.5. The lowest BCUT2D eigenvalue weighted by Gasteiger charge is -2.28. The Morgan fingerprint density at radius 3 is 2.55 bits per heavy atom. The van der Waals surface area contributed by atoms with Gasteiger partial charge in [0, 0.05) is 19.0 Å². The Morgan fingerprint density at radius 2 is 1.83 bits per heavy atom. The number of benzene rings is 1. The predicted molar refractivity (Wildman–Crippen MR) is 87.5 cm³/mol. The fourth-order valence-corrected chi connectivity index (χ4v) is 3.90. The van der Waals surface area contributed by atoms with Crippen LogP contribution in [0, 0.1) is 11.6 Å². The Morgan fingerprint density at radius 1 is 1.10 bits per heavy atom. The highest BCUT2D eigenvalue weighted by Crippen LogP contribution is 2.36. The molecule has 1 unspecified atom stereocenters. The number of hydrogen-bond donors (Lipinski definition) is 0. The average Bonchev–Trinajstić information content (AvgIpc) is 3.25. The van der Waals surface area contributed by atoms with Crippen molar-refractivity contribution in [3.63, 3.8) is 0 Å². The SMILES string of the molecule is O=C(CC(=O)N1CCn2c(nnc2C(F)(F)F)C1)C1CCc2cc(F)c(F)cc21. The number of carbonyl (C=O) groups excluding carboxylic acids is 2. The van der Waals surface area contributed by atoms with Gasteiger partial charge in [-0.15, -0.1) is 10.2 Å². The van der Waals surface area contributed by atoms with Crippen molar-refractivity contribution in [1.82, 2.24) is 19.7 Å². The number of carbonyl (C=O) groups is 2. The second-order valence-corrected chi connectivity index (χ2v) is 7.10. The van der Waals surface area contributed by atoms with E-state index in [-0.39, 0.29) is 25.5 Å². The summed E-state index contributed by atoms with van der Waals surface area (Å²) in [6.45, 7) is -0.328. The van der Waals surface area contributed by atoms with Crippen LogP contribution in [0.3, 0.4) is 0 Å². The molecule has 1 amide bonds. The molecule has 11 heteroatoms. The molecule has 0 saturated heterocycles. The van der Waals surface area contributed by atoms with E-state index < -0.39 is 47.7 Å². The number of amides is 1. The molecule has 6 nitrogen and oxygen atoms in total. The molecule has 1 aromatic carbocycles. The van der Waals surface area contributed by atoms with E-state index >= 15 is 0 Å². The molecular formula is C18H15F5N4O2. The molecule has 0 bridgehead atoms. The van der Waals surface area contributed by atoms with Gasteiger partial charge in [0.1, 0.15) is 5.78 Å². The van der Waals surface area contributed by atoms with Crippen LogP contribution in [0.2, 0.25) is 0 Å². The molecule has 0 spiro atoms. The minimum absolute atomic E-state index is 0.00636. The summed E-state index contributed by atoms with van der Waals surface area (Å²) in [5, 5.41) is 6.64. The number of halogens is 5. The van der Waals surface area contributed by atoms with E-state index in [0.29, 0.717) is 24.0 Å². The first-order valence-corrected chi connectivity index (χ1v) is 8.92. The summed E-state index contributed by atoms with van der Waals surface area (Å²) < 4.78 is 66.5. The maximum atomic E-state index is 13.5. The number of rotatable bonds is 3. The van der Waals surface area contributed by atoms with Crippen molar-refractivity contribution in [3.8, 4) is 0 Å². The van der Waals surface area contributed by atoms with E-state index in [0.717, 1.165) is 16.7 Å². The largest absolute Gasteiger partial charge is 0.451 e. The first-order valence-electron chi connectivity index (χ1n) is 8.92. The van der Waals surface area contributed by atoms with Crippen LogP contribution in [0.25, 0.3) is 0 Å². The zero-order valence-electron chi connectivity index (χ0n) is 15.0. The van der Waals surface area contributed by atoms with Gasteiger partial charge in [-0.3, -0.25) is 9.59 Å². The van der Waals surface area contributed by atoms with Crippen molar-refractivity contribution >= 4 is 11.7 Å². The number of hydrogen-bond acceptors (Lipinski definition) is 4. The van der Waals surface area contributed by atoms with Crippen LogP contribution in [0.15, 0.2) is 12.1 Å². The Bertz CT molecular complexity index is 1000. The van der Waals surface area contributed by atoms with E-state index in [1.165, 1.54) is 4.90 Å². The fraction of sp³-hybridized carbons (Fsp3) is 0.444. The van der Waals surface area contributed by atoms with Gasteiger partial charge in [0.15, 0.2) is 17.5 Å². The second kappa shape index (κ2) is 6.89. The lowest BCUT2D eigenvalue weighted by molar-refractivity contribution is -0.148. The van der Waals surface area contributed by atoms with E-state index in [9.17, 15) is 31.5 Å². The summed E-state index contributed by atoms with van der Waals surface area (Å²) >= 11 is 0. The molecule has 1 aliphatic carbocycles. The summed E-state index contributed by atoms with van der Waals surface area (Å²) in [7, 11) is 0. The van der Waals surface area contributed by atoms with Crippen molar-refractivity contribution in [2.24, 2.45) is 0 Å². The fourth-order valence-electron chi connectivity index (χ4n) is 3.90. The highest BCUT2D eigenvalue weighted by Gasteiger charge is 2.40. The van der Waals surface area contributed by atoms with E-state index in [4.69, 9.17) is 0 Å². The van der Waals surface area contributed by atoms with Gasteiger partial charge in [-0.2, -0.15) is 13.2 Å². The molecule has 154 valence electrons. The van der Waals surface area contributed by atoms with Crippen molar-refractivity contribution in [1.29, 1.82) is 0 Å². The van der Waals surface area contributed by atoms with Crippen LogP contribution in [0.4, 0.5) is 22.0 Å². The van der Waals surface area contributed by atoms with Crippen molar-refractivity contribution in [3.05, 3.63) is 46.5 Å². The maximum absolute atomic E-state index is 13.5. The van der Waals surface area contributed by atoms with E-state index in [2.05, 4.69) is 10.2 Å². The van der Waals surface area contributed by atoms with Crippen LogP contribution in [0.5, 0.6) is 0 Å². The van der Waals surface area contributed by atoms with Gasteiger partial charge in [-0.1, -0.05) is 0 Å². The molecular weight excluding hydrogens is 399 g/mol. The Kier molecular flexibility index (Phi) is 4.62. The summed E-state index contributed by atoms with van der Waals surface area (Å²) in [6.07, 6.45) is -4.35. The zero-order chi connectivity index (χ0) is 20.9. The maximum Gasteiger partial charge on any atom is 0.451 e. The second-order valence-electron chi connectivity index (χ2n) is 7.10. The van der Waals surface area contributed by atoms with Crippen LogP contribution in [-0.2, 0) is 35.3 Å². The monoisotopic (exact) mass is 414 g/mol. The number of fused-ring (bicyclic) bond motifs is 2. The summed E-state index contributed by atoms with van der Waals surface area (Å²) in [4.78, 5) is 26.3. The lowest BCUT2D eigenvalue weighted by Crippen LogP contribution is -2.40. The average molecular weight is 414 g/mol. The third-order valence-corrected chi connectivity index (χ3v) is 5.33. The number of ketones is 1. The Labute approximate surface area is 161 Å². The van der Waals surface area contributed by atoms with Gasteiger partial charge >= 0.3 is 6.18 Å². The zero-order valence-corrected chi connectivity index (χ0v) is 15.0. The Hall–Kier alpha value is -2.85. The predicted octanol–water partition coefficient (Wildman–Crippen LogP) is 2.61. The molecule has 0 N–H and O–H groups in total. The summed E-state index contributed by atoms with van der Waals surface area (Å²) in [6, 6.07) is 2.06. The first-order chi connectivity index (χ1) is 13.6. The smallest absolute Gasteiger partial charge is 0.333 e. The minimum Gasteiger partial charge on any atom is -0.333 e. The van der Waals surface area contributed by atoms with Crippen molar-refractivity contribution in [2.75, 3.05) is 6.54 Å². The molecule has 1 aromatic heterocycles. The number of Topliss-reactive ketones (excluding diaryl/α,β-unsaturated/α-hetero) is 1. The number of nitrogens with zero attached hydrogens (tertiary/aromatic N) is 4. The minimum atomic E-state index is -4.64. The topological polar surface area (TPSA) is 68.1 Å². The highest BCUT2D eigenvalue weighted by molar-refractivity contribution is 6.01. The van der Waals surface area contributed by atoms with Crippen molar-refractivity contribution < 1.29 is 31.5 Å². The molecule has 0 fully saturated rings.